The fourth-order valence-electron chi connectivity index (χ4n) is 5.55. The van der Waals surface area contributed by atoms with Crippen molar-refractivity contribution in [1.82, 2.24) is 14.8 Å². The number of para-hydroxylation sites is 1. The van der Waals surface area contributed by atoms with Crippen LogP contribution in [0.2, 0.25) is 5.15 Å². The molecule has 1 aliphatic carbocycles. The second kappa shape index (κ2) is 7.96. The molecule has 1 fully saturated rings. The maximum atomic E-state index is 13.5. The Morgan fingerprint density at radius 2 is 1.82 bits per heavy atom. The number of benzene rings is 2. The lowest BCUT2D eigenvalue weighted by Gasteiger charge is -2.42. The van der Waals surface area contributed by atoms with Gasteiger partial charge in [0.2, 0.25) is 5.91 Å². The SMILES string of the molecule is O=C([C@@H]1C=C2c3cccc4[nH]c(Cl)c(c34)C[C@H]2N(C(=O)Nc2ccccc2)C1)N1CCCC1. The van der Waals surface area contributed by atoms with Gasteiger partial charge in [0.05, 0.1) is 12.0 Å². The van der Waals surface area contributed by atoms with E-state index in [1.807, 2.05) is 52.3 Å². The Morgan fingerprint density at radius 3 is 2.61 bits per heavy atom. The van der Waals surface area contributed by atoms with Crippen LogP contribution in [0, 0.1) is 5.92 Å². The first-order valence-corrected chi connectivity index (χ1v) is 11.9. The van der Waals surface area contributed by atoms with Gasteiger partial charge in [0.25, 0.3) is 0 Å². The summed E-state index contributed by atoms with van der Waals surface area (Å²) in [5, 5.41) is 4.75. The van der Waals surface area contributed by atoms with Crippen molar-refractivity contribution in [2.75, 3.05) is 25.0 Å². The van der Waals surface area contributed by atoms with Gasteiger partial charge in [-0.25, -0.2) is 4.79 Å². The van der Waals surface area contributed by atoms with Gasteiger partial charge in [0.1, 0.15) is 5.15 Å². The second-order valence-corrected chi connectivity index (χ2v) is 9.45. The third-order valence-electron chi connectivity index (χ3n) is 7.11. The average Bonchev–Trinajstić information content (AvgIpc) is 3.48. The minimum absolute atomic E-state index is 0.112. The molecule has 0 spiro atoms. The number of aromatic nitrogens is 1. The van der Waals surface area contributed by atoms with Gasteiger partial charge in [-0.05, 0) is 47.7 Å². The molecule has 0 unspecified atom stereocenters. The normalized spacial score (nSPS) is 21.7. The molecule has 0 radical (unpaired) electrons. The predicted molar refractivity (Wildman–Crippen MR) is 130 cm³/mol. The van der Waals surface area contributed by atoms with Crippen LogP contribution in [0.3, 0.4) is 0 Å². The van der Waals surface area contributed by atoms with Crippen molar-refractivity contribution in [2.24, 2.45) is 5.92 Å². The summed E-state index contributed by atoms with van der Waals surface area (Å²) in [6.45, 7) is 1.95. The van der Waals surface area contributed by atoms with Gasteiger partial charge in [-0.2, -0.15) is 0 Å². The molecule has 1 saturated heterocycles. The highest BCUT2D eigenvalue weighted by molar-refractivity contribution is 6.32. The molecule has 2 N–H and O–H groups in total. The van der Waals surface area contributed by atoms with E-state index in [4.69, 9.17) is 11.6 Å². The molecule has 0 bridgehead atoms. The lowest BCUT2D eigenvalue weighted by atomic mass is 9.79. The maximum absolute atomic E-state index is 13.5. The number of amides is 3. The highest BCUT2D eigenvalue weighted by atomic mass is 35.5. The monoisotopic (exact) mass is 460 g/mol. The second-order valence-electron chi connectivity index (χ2n) is 9.08. The Balaban J connectivity index is 1.42. The van der Waals surface area contributed by atoms with Crippen molar-refractivity contribution in [3.63, 3.8) is 0 Å². The van der Waals surface area contributed by atoms with Crippen molar-refractivity contribution in [1.29, 1.82) is 0 Å². The molecule has 168 valence electrons. The van der Waals surface area contributed by atoms with Gasteiger partial charge in [0.15, 0.2) is 0 Å². The van der Waals surface area contributed by atoms with Crippen molar-refractivity contribution >= 4 is 45.7 Å². The van der Waals surface area contributed by atoms with Crippen molar-refractivity contribution in [3.8, 4) is 0 Å². The number of hydrogen-bond acceptors (Lipinski definition) is 2. The average molecular weight is 461 g/mol. The number of urea groups is 1. The maximum Gasteiger partial charge on any atom is 0.322 e. The van der Waals surface area contributed by atoms with Crippen LogP contribution in [0.4, 0.5) is 10.5 Å². The number of hydrogen-bond donors (Lipinski definition) is 2. The van der Waals surface area contributed by atoms with E-state index in [0.29, 0.717) is 18.1 Å². The Kier molecular flexibility index (Phi) is 4.91. The van der Waals surface area contributed by atoms with Gasteiger partial charge < -0.3 is 20.1 Å². The number of rotatable bonds is 2. The van der Waals surface area contributed by atoms with E-state index < -0.39 is 0 Å². The molecule has 3 aliphatic rings. The Bertz CT molecular complexity index is 1280. The fourth-order valence-corrected chi connectivity index (χ4v) is 5.82. The molecule has 2 aromatic carbocycles. The zero-order valence-corrected chi connectivity index (χ0v) is 18.9. The molecule has 1 aromatic heterocycles. The molecule has 33 heavy (non-hydrogen) atoms. The van der Waals surface area contributed by atoms with E-state index in [1.54, 1.807) is 0 Å². The van der Waals surface area contributed by atoms with Crippen molar-refractivity contribution < 1.29 is 9.59 Å². The number of nitrogens with zero attached hydrogens (tertiary/aromatic N) is 2. The van der Waals surface area contributed by atoms with Crippen molar-refractivity contribution in [2.45, 2.75) is 25.3 Å². The Morgan fingerprint density at radius 1 is 1.03 bits per heavy atom. The third kappa shape index (κ3) is 3.40. The van der Waals surface area contributed by atoms with E-state index in [0.717, 1.165) is 59.2 Å². The fraction of sp³-hybridized carbons (Fsp3) is 0.308. The minimum atomic E-state index is -0.359. The smallest absolute Gasteiger partial charge is 0.322 e. The van der Waals surface area contributed by atoms with Crippen LogP contribution in [0.5, 0.6) is 0 Å². The van der Waals surface area contributed by atoms with Crippen LogP contribution in [0.25, 0.3) is 16.5 Å². The first-order valence-electron chi connectivity index (χ1n) is 11.5. The predicted octanol–water partition coefficient (Wildman–Crippen LogP) is 4.92. The van der Waals surface area contributed by atoms with Crippen LogP contribution in [0.15, 0.2) is 54.6 Å². The van der Waals surface area contributed by atoms with E-state index >= 15 is 0 Å². The Labute approximate surface area is 197 Å². The third-order valence-corrected chi connectivity index (χ3v) is 7.44. The molecule has 6 rings (SSSR count). The summed E-state index contributed by atoms with van der Waals surface area (Å²) in [7, 11) is 0. The molecule has 3 heterocycles. The minimum Gasteiger partial charge on any atom is -0.345 e. The zero-order valence-electron chi connectivity index (χ0n) is 18.2. The van der Waals surface area contributed by atoms with Gasteiger partial charge in [-0.15, -0.1) is 0 Å². The number of carbonyl (C=O) groups excluding carboxylic acids is 2. The van der Waals surface area contributed by atoms with Crippen LogP contribution in [0.1, 0.15) is 24.0 Å². The van der Waals surface area contributed by atoms with E-state index in [2.05, 4.69) is 22.4 Å². The highest BCUT2D eigenvalue weighted by Gasteiger charge is 2.41. The summed E-state index contributed by atoms with van der Waals surface area (Å²) in [6, 6.07) is 15.2. The number of carbonyl (C=O) groups is 2. The molecular weight excluding hydrogens is 436 g/mol. The van der Waals surface area contributed by atoms with E-state index in [9.17, 15) is 9.59 Å². The standard InChI is InChI=1S/C26H25ClN4O2/c27-24-20-14-22-19(18-9-6-10-21(29-24)23(18)20)13-16(25(32)30-11-4-5-12-30)15-31(22)26(33)28-17-7-2-1-3-8-17/h1-3,6-10,13,16,22,29H,4-5,11-12,14-15H2,(H,28,33)/t16-,22-/m1/s1. The summed E-state index contributed by atoms with van der Waals surface area (Å²) in [6.07, 6.45) is 4.81. The molecule has 2 atom stereocenters. The molecule has 7 heteroatoms. The number of anilines is 1. The molecule has 6 nitrogen and oxygen atoms in total. The lowest BCUT2D eigenvalue weighted by Crippen LogP contribution is -2.52. The first kappa shape index (κ1) is 20.4. The summed E-state index contributed by atoms with van der Waals surface area (Å²) < 4.78 is 0. The lowest BCUT2D eigenvalue weighted by molar-refractivity contribution is -0.133. The van der Waals surface area contributed by atoms with E-state index in [-0.39, 0.29) is 23.9 Å². The quantitative estimate of drug-likeness (QED) is 0.570. The largest absolute Gasteiger partial charge is 0.345 e. The molecule has 2 aliphatic heterocycles. The van der Waals surface area contributed by atoms with Gasteiger partial charge in [-0.1, -0.05) is 48.0 Å². The van der Waals surface area contributed by atoms with Crippen LogP contribution >= 0.6 is 11.6 Å². The van der Waals surface area contributed by atoms with Crippen LogP contribution in [-0.2, 0) is 11.2 Å². The number of halogens is 1. The molecule has 3 aromatic rings. The molecule has 3 amide bonds. The number of H-pyrrole nitrogens is 1. The number of likely N-dealkylation sites (tertiary alicyclic amines) is 1. The zero-order chi connectivity index (χ0) is 22.5. The summed E-state index contributed by atoms with van der Waals surface area (Å²) in [4.78, 5) is 33.9. The van der Waals surface area contributed by atoms with Gasteiger partial charge in [0, 0.05) is 42.6 Å². The topological polar surface area (TPSA) is 68.4 Å². The number of aromatic amines is 1. The van der Waals surface area contributed by atoms with Crippen LogP contribution < -0.4 is 5.32 Å². The molecule has 0 saturated carbocycles. The summed E-state index contributed by atoms with van der Waals surface area (Å²) in [5.41, 5.74) is 4.85. The first-order chi connectivity index (χ1) is 16.1. The van der Waals surface area contributed by atoms with Gasteiger partial charge in [-0.3, -0.25) is 4.79 Å². The van der Waals surface area contributed by atoms with E-state index in [1.165, 1.54) is 0 Å². The van der Waals surface area contributed by atoms with Crippen LogP contribution in [-0.4, -0.2) is 52.4 Å². The summed E-state index contributed by atoms with van der Waals surface area (Å²) >= 11 is 6.57. The summed E-state index contributed by atoms with van der Waals surface area (Å²) in [5.74, 6) is -0.247. The van der Waals surface area contributed by atoms with Crippen molar-refractivity contribution in [3.05, 3.63) is 70.9 Å². The number of fused-ring (bicyclic) bond motifs is 2. The Hall–Kier alpha value is -3.25. The number of nitrogens with one attached hydrogen (secondary N) is 2. The van der Waals surface area contributed by atoms with Gasteiger partial charge >= 0.3 is 6.03 Å². The molecular formula is C26H25ClN4O2. The highest BCUT2D eigenvalue weighted by Crippen LogP contribution is 2.44.